The van der Waals surface area contributed by atoms with Crippen molar-refractivity contribution in [1.82, 2.24) is 0 Å². The second-order valence-electron chi connectivity index (χ2n) is 3.04. The van der Waals surface area contributed by atoms with E-state index >= 15 is 0 Å². The molecule has 96 valence electrons. The molecule has 0 heterocycles. The quantitative estimate of drug-likeness (QED) is 0.271. The molecular weight excluding hydrogens is 263 g/mol. The zero-order chi connectivity index (χ0) is 13.2. The monoisotopic (exact) mass is 272 g/mol. The van der Waals surface area contributed by atoms with Gasteiger partial charge in [0.05, 0.1) is 4.90 Å². The summed E-state index contributed by atoms with van der Waals surface area (Å²) in [5, 5.41) is 0. The van der Waals surface area contributed by atoms with Gasteiger partial charge in [0.1, 0.15) is 5.44 Å². The molecule has 1 aromatic rings. The van der Waals surface area contributed by atoms with Gasteiger partial charge in [-0.2, -0.15) is 0 Å². The van der Waals surface area contributed by atoms with Gasteiger partial charge in [-0.05, 0) is 13.8 Å². The van der Waals surface area contributed by atoms with Gasteiger partial charge in [-0.3, -0.25) is 0 Å². The van der Waals surface area contributed by atoms with Crippen molar-refractivity contribution in [2.24, 2.45) is 0 Å². The zero-order valence-corrected chi connectivity index (χ0v) is 9.81. The Bertz CT molecular complexity index is 395. The number of hydrogen-bond donors (Lipinski definition) is 0. The number of benzene rings is 1. The molecule has 7 heteroatoms. The molecule has 0 saturated carbocycles. The fourth-order valence-electron chi connectivity index (χ4n) is 1.12. The van der Waals surface area contributed by atoms with E-state index in [0.717, 1.165) is 0 Å². The first-order valence-electron chi connectivity index (χ1n) is 4.69. The van der Waals surface area contributed by atoms with Crippen LogP contribution in [-0.2, 0) is 4.74 Å². The van der Waals surface area contributed by atoms with Gasteiger partial charge in [-0.15, -0.1) is 0 Å². The first-order valence-corrected chi connectivity index (χ1v) is 5.57. The highest BCUT2D eigenvalue weighted by molar-refractivity contribution is 7.99. The van der Waals surface area contributed by atoms with Crippen LogP contribution in [0.15, 0.2) is 4.90 Å². The van der Waals surface area contributed by atoms with E-state index in [1.807, 2.05) is 0 Å². The van der Waals surface area contributed by atoms with Crippen molar-refractivity contribution in [2.45, 2.75) is 24.2 Å². The maximum Gasteiger partial charge on any atom is 0.200 e. The van der Waals surface area contributed by atoms with E-state index in [-0.39, 0.29) is 6.61 Å². The van der Waals surface area contributed by atoms with Gasteiger partial charge in [-0.1, -0.05) is 11.8 Å². The maximum atomic E-state index is 13.2. The Labute approximate surface area is 99.0 Å². The van der Waals surface area contributed by atoms with Crippen LogP contribution in [0.2, 0.25) is 0 Å². The number of hydrogen-bond acceptors (Lipinski definition) is 2. The van der Waals surface area contributed by atoms with E-state index in [1.165, 1.54) is 6.92 Å². The SMILES string of the molecule is CCOC(C)Sc1c(F)c(F)c(F)c(F)c1F. The summed E-state index contributed by atoms with van der Waals surface area (Å²) in [5.41, 5.74) is -0.715. The van der Waals surface area contributed by atoms with Gasteiger partial charge in [-0.25, -0.2) is 22.0 Å². The lowest BCUT2D eigenvalue weighted by atomic mass is 10.3. The smallest absolute Gasteiger partial charge is 0.200 e. The first kappa shape index (κ1) is 14.2. The fraction of sp³-hybridized carbons (Fsp3) is 0.400. The first-order chi connectivity index (χ1) is 7.90. The highest BCUT2D eigenvalue weighted by Crippen LogP contribution is 2.33. The predicted octanol–water partition coefficient (Wildman–Crippen LogP) is 3.86. The number of thioether (sulfide) groups is 1. The summed E-state index contributed by atoms with van der Waals surface area (Å²) < 4.78 is 69.7. The van der Waals surface area contributed by atoms with Crippen LogP contribution in [0.3, 0.4) is 0 Å². The van der Waals surface area contributed by atoms with Crippen molar-refractivity contribution < 1.29 is 26.7 Å². The highest BCUT2D eigenvalue weighted by Gasteiger charge is 2.27. The zero-order valence-electron chi connectivity index (χ0n) is 8.99. The predicted molar refractivity (Wildman–Crippen MR) is 53.2 cm³/mol. The summed E-state index contributed by atoms with van der Waals surface area (Å²) in [6.45, 7) is 3.37. The second-order valence-corrected chi connectivity index (χ2v) is 4.35. The normalized spacial score (nSPS) is 12.9. The molecular formula is C10H9F5OS. The average molecular weight is 272 g/mol. The van der Waals surface area contributed by atoms with Crippen LogP contribution >= 0.6 is 11.8 Å². The third-order valence-electron chi connectivity index (χ3n) is 1.85. The summed E-state index contributed by atoms with van der Waals surface area (Å²) in [4.78, 5) is -0.928. The molecule has 0 saturated heterocycles. The molecule has 0 fully saturated rings. The van der Waals surface area contributed by atoms with E-state index < -0.39 is 39.4 Å². The molecule has 1 aromatic carbocycles. The largest absolute Gasteiger partial charge is 0.368 e. The summed E-state index contributed by atoms with van der Waals surface area (Å²) in [6.07, 6.45) is 0. The number of ether oxygens (including phenoxy) is 1. The summed E-state index contributed by atoms with van der Waals surface area (Å²) in [6, 6.07) is 0. The molecule has 0 spiro atoms. The molecule has 0 aliphatic rings. The third-order valence-corrected chi connectivity index (χ3v) is 2.92. The minimum atomic E-state index is -2.16. The molecule has 1 unspecified atom stereocenters. The second kappa shape index (κ2) is 5.68. The van der Waals surface area contributed by atoms with Crippen molar-refractivity contribution in [2.75, 3.05) is 6.61 Å². The van der Waals surface area contributed by atoms with Crippen molar-refractivity contribution in [3.05, 3.63) is 29.1 Å². The molecule has 17 heavy (non-hydrogen) atoms. The minimum Gasteiger partial charge on any atom is -0.368 e. The van der Waals surface area contributed by atoms with Gasteiger partial charge in [0, 0.05) is 6.61 Å². The molecule has 0 radical (unpaired) electrons. The molecule has 1 nitrogen and oxygen atoms in total. The van der Waals surface area contributed by atoms with Crippen LogP contribution in [0.4, 0.5) is 22.0 Å². The van der Waals surface area contributed by atoms with Crippen LogP contribution < -0.4 is 0 Å². The Kier molecular flexibility index (Phi) is 4.76. The lowest BCUT2D eigenvalue weighted by molar-refractivity contribution is 0.137. The van der Waals surface area contributed by atoms with Gasteiger partial charge in [0.25, 0.3) is 0 Å². The Morgan fingerprint density at radius 1 is 0.941 bits per heavy atom. The Morgan fingerprint density at radius 2 is 1.35 bits per heavy atom. The molecule has 0 aliphatic heterocycles. The van der Waals surface area contributed by atoms with E-state index in [4.69, 9.17) is 4.74 Å². The number of halogens is 5. The van der Waals surface area contributed by atoms with Crippen molar-refractivity contribution in [1.29, 1.82) is 0 Å². The van der Waals surface area contributed by atoms with Crippen LogP contribution in [0.1, 0.15) is 13.8 Å². The van der Waals surface area contributed by atoms with Gasteiger partial charge in [0.15, 0.2) is 23.3 Å². The molecule has 1 rings (SSSR count). The molecule has 0 aliphatic carbocycles. The maximum absolute atomic E-state index is 13.2. The third kappa shape index (κ3) is 2.90. The Morgan fingerprint density at radius 3 is 1.76 bits per heavy atom. The summed E-state index contributed by atoms with van der Waals surface area (Å²) in [7, 11) is 0. The van der Waals surface area contributed by atoms with Crippen LogP contribution in [0.25, 0.3) is 0 Å². The molecule has 0 aromatic heterocycles. The minimum absolute atomic E-state index is 0.267. The van der Waals surface area contributed by atoms with Crippen molar-refractivity contribution in [3.8, 4) is 0 Å². The number of rotatable bonds is 4. The van der Waals surface area contributed by atoms with Crippen LogP contribution in [0, 0.1) is 29.1 Å². The molecule has 0 bridgehead atoms. The van der Waals surface area contributed by atoms with E-state index in [1.54, 1.807) is 6.92 Å². The molecule has 0 amide bonds. The van der Waals surface area contributed by atoms with Crippen LogP contribution in [-0.4, -0.2) is 12.0 Å². The van der Waals surface area contributed by atoms with E-state index in [9.17, 15) is 22.0 Å². The van der Waals surface area contributed by atoms with Gasteiger partial charge < -0.3 is 4.74 Å². The lowest BCUT2D eigenvalue weighted by Crippen LogP contribution is -2.08. The van der Waals surface area contributed by atoms with Crippen molar-refractivity contribution >= 4 is 11.8 Å². The van der Waals surface area contributed by atoms with Crippen LogP contribution in [0.5, 0.6) is 0 Å². The highest BCUT2D eigenvalue weighted by atomic mass is 32.2. The Balaban J connectivity index is 3.16. The van der Waals surface area contributed by atoms with E-state index in [0.29, 0.717) is 11.8 Å². The fourth-order valence-corrected chi connectivity index (χ4v) is 2.05. The molecule has 0 N–H and O–H groups in total. The Hall–Kier alpha value is -0.820. The van der Waals surface area contributed by atoms with Crippen molar-refractivity contribution in [3.63, 3.8) is 0 Å². The van der Waals surface area contributed by atoms with Gasteiger partial charge in [0.2, 0.25) is 5.82 Å². The summed E-state index contributed by atoms with van der Waals surface area (Å²) in [5.74, 6) is -9.73. The lowest BCUT2D eigenvalue weighted by Gasteiger charge is -2.13. The summed E-state index contributed by atoms with van der Waals surface area (Å²) >= 11 is 0.440. The topological polar surface area (TPSA) is 9.23 Å². The van der Waals surface area contributed by atoms with E-state index in [2.05, 4.69) is 0 Å². The average Bonchev–Trinajstić information content (AvgIpc) is 2.30. The molecule has 1 atom stereocenters. The standard InChI is InChI=1S/C10H9F5OS/c1-3-16-4(2)17-10-8(14)6(12)5(11)7(13)9(10)15/h4H,3H2,1-2H3. The van der Waals surface area contributed by atoms with Gasteiger partial charge >= 0.3 is 0 Å².